The lowest BCUT2D eigenvalue weighted by molar-refractivity contribution is 0.361. The van der Waals surface area contributed by atoms with E-state index < -0.39 is 0 Å². The highest BCUT2D eigenvalue weighted by atomic mass is 32.1. The lowest BCUT2D eigenvalue weighted by atomic mass is 9.87. The van der Waals surface area contributed by atoms with Crippen LogP contribution in [0.15, 0.2) is 18.5 Å². The first kappa shape index (κ1) is 12.3. The molecule has 0 atom stereocenters. The van der Waals surface area contributed by atoms with Crippen LogP contribution in [0.4, 0.5) is 5.69 Å². The summed E-state index contributed by atoms with van der Waals surface area (Å²) in [4.78, 5) is 4.56. The monoisotopic (exact) mass is 249 g/mol. The Kier molecular flexibility index (Phi) is 3.94. The van der Waals surface area contributed by atoms with Crippen LogP contribution in [-0.4, -0.2) is 16.0 Å². The number of nitrogens with zero attached hydrogens (tertiary/aromatic N) is 1. The van der Waals surface area contributed by atoms with E-state index in [9.17, 15) is 0 Å². The van der Waals surface area contributed by atoms with Crippen LogP contribution in [0.3, 0.4) is 0 Å². The standard InChI is InChI=1S/C13H19N3S/c1-9-2-4-10(5-3-9)16-12-8-15-7-6-11(12)13(14)17/h6-10,16H,2-5H2,1H3,(H2,14,17). The molecular formula is C13H19N3S. The van der Waals surface area contributed by atoms with Crippen molar-refractivity contribution in [2.45, 2.75) is 38.6 Å². The quantitative estimate of drug-likeness (QED) is 0.809. The van der Waals surface area contributed by atoms with E-state index in [1.165, 1.54) is 25.7 Å². The summed E-state index contributed by atoms with van der Waals surface area (Å²) in [6.45, 7) is 2.32. The molecule has 1 heterocycles. The topological polar surface area (TPSA) is 50.9 Å². The number of rotatable bonds is 3. The second-order valence-electron chi connectivity index (χ2n) is 4.89. The third-order valence-electron chi connectivity index (χ3n) is 3.46. The molecule has 92 valence electrons. The van der Waals surface area contributed by atoms with Crippen LogP contribution in [0, 0.1) is 5.92 Å². The molecule has 0 bridgehead atoms. The maximum absolute atomic E-state index is 5.71. The first-order valence-corrected chi connectivity index (χ1v) is 6.58. The molecule has 0 saturated heterocycles. The van der Waals surface area contributed by atoms with Gasteiger partial charge in [-0.1, -0.05) is 19.1 Å². The molecule has 0 spiro atoms. The zero-order valence-electron chi connectivity index (χ0n) is 10.1. The fourth-order valence-corrected chi connectivity index (χ4v) is 2.53. The van der Waals surface area contributed by atoms with Gasteiger partial charge in [0.2, 0.25) is 0 Å². The average molecular weight is 249 g/mol. The van der Waals surface area contributed by atoms with E-state index in [4.69, 9.17) is 18.0 Å². The van der Waals surface area contributed by atoms with Crippen LogP contribution in [0.5, 0.6) is 0 Å². The van der Waals surface area contributed by atoms with Crippen molar-refractivity contribution in [2.24, 2.45) is 11.7 Å². The van der Waals surface area contributed by atoms with E-state index in [-0.39, 0.29) is 0 Å². The second kappa shape index (κ2) is 5.45. The molecular weight excluding hydrogens is 230 g/mol. The molecule has 1 saturated carbocycles. The summed E-state index contributed by atoms with van der Waals surface area (Å²) in [5.74, 6) is 0.858. The SMILES string of the molecule is CC1CCC(Nc2cnccc2C(N)=S)CC1. The highest BCUT2D eigenvalue weighted by molar-refractivity contribution is 7.80. The molecule has 1 aromatic rings. The molecule has 0 amide bonds. The molecule has 2 rings (SSSR count). The van der Waals surface area contributed by atoms with Crippen LogP contribution in [0.2, 0.25) is 0 Å². The smallest absolute Gasteiger partial charge is 0.106 e. The number of anilines is 1. The van der Waals surface area contributed by atoms with Crippen molar-refractivity contribution in [2.75, 3.05) is 5.32 Å². The first-order chi connectivity index (χ1) is 8.16. The second-order valence-corrected chi connectivity index (χ2v) is 5.33. The Morgan fingerprint density at radius 3 is 2.76 bits per heavy atom. The highest BCUT2D eigenvalue weighted by Gasteiger charge is 2.19. The van der Waals surface area contributed by atoms with Crippen LogP contribution >= 0.6 is 12.2 Å². The Labute approximate surface area is 108 Å². The molecule has 0 radical (unpaired) electrons. The van der Waals surface area contributed by atoms with E-state index in [1.807, 2.05) is 12.3 Å². The summed E-state index contributed by atoms with van der Waals surface area (Å²) < 4.78 is 0. The van der Waals surface area contributed by atoms with E-state index in [1.54, 1.807) is 6.20 Å². The first-order valence-electron chi connectivity index (χ1n) is 6.17. The minimum Gasteiger partial charge on any atom is -0.389 e. The van der Waals surface area contributed by atoms with Gasteiger partial charge in [-0.25, -0.2) is 0 Å². The van der Waals surface area contributed by atoms with Crippen molar-refractivity contribution in [3.05, 3.63) is 24.0 Å². The number of thiocarbonyl (C=S) groups is 1. The fourth-order valence-electron chi connectivity index (χ4n) is 2.35. The van der Waals surface area contributed by atoms with Gasteiger partial charge in [-0.15, -0.1) is 0 Å². The lowest BCUT2D eigenvalue weighted by Crippen LogP contribution is -2.26. The summed E-state index contributed by atoms with van der Waals surface area (Å²) in [5.41, 5.74) is 7.57. The van der Waals surface area contributed by atoms with Gasteiger partial charge in [0.1, 0.15) is 4.99 Å². The number of pyridine rings is 1. The summed E-state index contributed by atoms with van der Waals surface area (Å²) in [7, 11) is 0. The molecule has 0 aliphatic heterocycles. The van der Waals surface area contributed by atoms with Crippen molar-refractivity contribution in [3.63, 3.8) is 0 Å². The van der Waals surface area contributed by atoms with Crippen LogP contribution in [0.25, 0.3) is 0 Å². The van der Waals surface area contributed by atoms with Crippen LogP contribution < -0.4 is 11.1 Å². The van der Waals surface area contributed by atoms with Crippen molar-refractivity contribution in [1.29, 1.82) is 0 Å². The van der Waals surface area contributed by atoms with Crippen molar-refractivity contribution in [1.82, 2.24) is 4.98 Å². The molecule has 1 aromatic heterocycles. The van der Waals surface area contributed by atoms with Crippen molar-refractivity contribution < 1.29 is 0 Å². The van der Waals surface area contributed by atoms with Crippen molar-refractivity contribution >= 4 is 22.9 Å². The van der Waals surface area contributed by atoms with E-state index in [0.717, 1.165) is 17.2 Å². The van der Waals surface area contributed by atoms with Crippen molar-refractivity contribution in [3.8, 4) is 0 Å². The lowest BCUT2D eigenvalue weighted by Gasteiger charge is -2.28. The van der Waals surface area contributed by atoms with Gasteiger partial charge >= 0.3 is 0 Å². The largest absolute Gasteiger partial charge is 0.389 e. The summed E-state index contributed by atoms with van der Waals surface area (Å²) in [5, 5.41) is 3.52. The van der Waals surface area contributed by atoms with Crippen LogP contribution in [0.1, 0.15) is 38.2 Å². The average Bonchev–Trinajstić information content (AvgIpc) is 2.32. The van der Waals surface area contributed by atoms with Gasteiger partial charge in [-0.3, -0.25) is 4.98 Å². The predicted octanol–water partition coefficient (Wildman–Crippen LogP) is 2.71. The van der Waals surface area contributed by atoms with E-state index in [0.29, 0.717) is 11.0 Å². The van der Waals surface area contributed by atoms with Gasteiger partial charge in [-0.05, 0) is 37.7 Å². The maximum Gasteiger partial charge on any atom is 0.106 e. The summed E-state index contributed by atoms with van der Waals surface area (Å²) >= 11 is 5.05. The highest BCUT2D eigenvalue weighted by Crippen LogP contribution is 2.26. The normalized spacial score (nSPS) is 24.3. The van der Waals surface area contributed by atoms with Gasteiger partial charge in [0, 0.05) is 17.8 Å². The van der Waals surface area contributed by atoms with Gasteiger partial charge < -0.3 is 11.1 Å². The third-order valence-corrected chi connectivity index (χ3v) is 3.68. The number of nitrogens with one attached hydrogen (secondary N) is 1. The maximum atomic E-state index is 5.71. The van der Waals surface area contributed by atoms with Gasteiger partial charge in [-0.2, -0.15) is 0 Å². The Balaban J connectivity index is 2.05. The molecule has 1 aliphatic carbocycles. The molecule has 1 fully saturated rings. The molecule has 3 nitrogen and oxygen atoms in total. The van der Waals surface area contributed by atoms with Gasteiger partial charge in [0.15, 0.2) is 0 Å². The molecule has 1 aliphatic rings. The minimum absolute atomic E-state index is 0.430. The Bertz CT molecular complexity index is 397. The van der Waals surface area contributed by atoms with E-state index in [2.05, 4.69) is 17.2 Å². The number of hydrogen-bond acceptors (Lipinski definition) is 3. The Hall–Kier alpha value is -1.16. The summed E-state index contributed by atoms with van der Waals surface area (Å²) in [6.07, 6.45) is 8.55. The van der Waals surface area contributed by atoms with Crippen LogP contribution in [-0.2, 0) is 0 Å². The fraction of sp³-hybridized carbons (Fsp3) is 0.538. The Morgan fingerprint density at radius 1 is 1.41 bits per heavy atom. The third kappa shape index (κ3) is 3.16. The number of aromatic nitrogens is 1. The number of hydrogen-bond donors (Lipinski definition) is 2. The summed E-state index contributed by atoms with van der Waals surface area (Å²) in [6, 6.07) is 2.40. The molecule has 3 N–H and O–H groups in total. The Morgan fingerprint density at radius 2 is 2.12 bits per heavy atom. The predicted molar refractivity (Wildman–Crippen MR) is 75.2 cm³/mol. The molecule has 0 aromatic carbocycles. The molecule has 4 heteroatoms. The van der Waals surface area contributed by atoms with Gasteiger partial charge in [0.25, 0.3) is 0 Å². The zero-order valence-corrected chi connectivity index (χ0v) is 11.0. The minimum atomic E-state index is 0.430. The van der Waals surface area contributed by atoms with E-state index >= 15 is 0 Å². The molecule has 0 unspecified atom stereocenters. The number of nitrogens with two attached hydrogens (primary N) is 1. The van der Waals surface area contributed by atoms with Gasteiger partial charge in [0.05, 0.1) is 11.9 Å². The zero-order chi connectivity index (χ0) is 12.3. The molecule has 17 heavy (non-hydrogen) atoms.